The molecule has 3 nitrogen and oxygen atoms in total. The molecule has 0 bridgehead atoms. The highest BCUT2D eigenvalue weighted by molar-refractivity contribution is 4.82. The summed E-state index contributed by atoms with van der Waals surface area (Å²) in [5.74, 6) is 0. The summed E-state index contributed by atoms with van der Waals surface area (Å²) in [6.45, 7) is 8.32. The number of aliphatic hydroxyl groups is 1. The van der Waals surface area contributed by atoms with Crippen LogP contribution in [0.25, 0.3) is 0 Å². The van der Waals surface area contributed by atoms with Crippen molar-refractivity contribution in [3.05, 3.63) is 0 Å². The van der Waals surface area contributed by atoms with Crippen LogP contribution in [0.15, 0.2) is 0 Å². The Kier molecular flexibility index (Phi) is 5.45. The lowest BCUT2D eigenvalue weighted by Crippen LogP contribution is -2.35. The number of hydrogen-bond donors (Lipinski definition) is 2. The molecule has 1 unspecified atom stereocenters. The maximum Gasteiger partial charge on any atom is 0.0431 e. The Balaban J connectivity index is 2.04. The Morgan fingerprint density at radius 2 is 2.21 bits per heavy atom. The number of nitrogens with one attached hydrogen (secondary N) is 1. The summed E-state index contributed by atoms with van der Waals surface area (Å²) in [7, 11) is 0. The largest absolute Gasteiger partial charge is 0.396 e. The highest BCUT2D eigenvalue weighted by atomic mass is 16.2. The Morgan fingerprint density at radius 3 is 2.79 bits per heavy atom. The Morgan fingerprint density at radius 1 is 1.43 bits per heavy atom. The van der Waals surface area contributed by atoms with Crippen molar-refractivity contribution in [2.24, 2.45) is 0 Å². The second-order valence-electron chi connectivity index (χ2n) is 4.46. The van der Waals surface area contributed by atoms with E-state index in [0.717, 1.165) is 19.4 Å². The SMILES string of the molecule is CC(C)N1CCC(NCCCCO)C1. The first kappa shape index (κ1) is 12.0. The van der Waals surface area contributed by atoms with Crippen LogP contribution in [-0.4, -0.2) is 48.3 Å². The van der Waals surface area contributed by atoms with Gasteiger partial charge in [-0.2, -0.15) is 0 Å². The van der Waals surface area contributed by atoms with Gasteiger partial charge in [-0.05, 0) is 46.2 Å². The third-order valence-corrected chi connectivity index (χ3v) is 2.97. The summed E-state index contributed by atoms with van der Waals surface area (Å²) in [4.78, 5) is 2.52. The molecule has 0 aliphatic carbocycles. The maximum atomic E-state index is 8.64. The Hall–Kier alpha value is -0.120. The van der Waals surface area contributed by atoms with E-state index < -0.39 is 0 Å². The molecule has 0 aromatic rings. The van der Waals surface area contributed by atoms with Crippen LogP contribution in [0.3, 0.4) is 0 Å². The van der Waals surface area contributed by atoms with Gasteiger partial charge in [-0.1, -0.05) is 0 Å². The summed E-state index contributed by atoms with van der Waals surface area (Å²) in [5, 5.41) is 12.2. The zero-order valence-electron chi connectivity index (χ0n) is 9.50. The molecule has 0 saturated carbocycles. The molecular formula is C11H24N2O. The average molecular weight is 200 g/mol. The van der Waals surface area contributed by atoms with Crippen molar-refractivity contribution < 1.29 is 5.11 Å². The van der Waals surface area contributed by atoms with Crippen molar-refractivity contribution in [3.63, 3.8) is 0 Å². The lowest BCUT2D eigenvalue weighted by atomic mass is 10.2. The number of unbranched alkanes of at least 4 members (excludes halogenated alkanes) is 1. The van der Waals surface area contributed by atoms with Gasteiger partial charge in [0.1, 0.15) is 0 Å². The van der Waals surface area contributed by atoms with Crippen molar-refractivity contribution in [3.8, 4) is 0 Å². The average Bonchev–Trinajstić information content (AvgIpc) is 2.61. The van der Waals surface area contributed by atoms with E-state index in [1.54, 1.807) is 0 Å². The number of nitrogens with zero attached hydrogens (tertiary/aromatic N) is 1. The highest BCUT2D eigenvalue weighted by Crippen LogP contribution is 2.12. The lowest BCUT2D eigenvalue weighted by molar-refractivity contribution is 0.266. The first-order valence-corrected chi connectivity index (χ1v) is 5.82. The topological polar surface area (TPSA) is 35.5 Å². The van der Waals surface area contributed by atoms with Crippen LogP contribution in [0, 0.1) is 0 Å². The van der Waals surface area contributed by atoms with E-state index in [1.807, 2.05) is 0 Å². The first-order valence-electron chi connectivity index (χ1n) is 5.82. The van der Waals surface area contributed by atoms with Crippen molar-refractivity contribution in [2.75, 3.05) is 26.2 Å². The van der Waals surface area contributed by atoms with E-state index in [0.29, 0.717) is 18.7 Å². The quantitative estimate of drug-likeness (QED) is 0.623. The molecule has 0 aromatic heterocycles. The van der Waals surface area contributed by atoms with E-state index in [1.165, 1.54) is 19.5 Å². The number of hydrogen-bond acceptors (Lipinski definition) is 3. The Bertz CT molecular complexity index is 150. The summed E-state index contributed by atoms with van der Waals surface area (Å²) >= 11 is 0. The third kappa shape index (κ3) is 3.95. The summed E-state index contributed by atoms with van der Waals surface area (Å²) < 4.78 is 0. The van der Waals surface area contributed by atoms with Crippen LogP contribution in [0.4, 0.5) is 0 Å². The van der Waals surface area contributed by atoms with Gasteiger partial charge in [-0.3, -0.25) is 4.90 Å². The molecule has 0 spiro atoms. The van der Waals surface area contributed by atoms with Crippen LogP contribution >= 0.6 is 0 Å². The molecule has 1 atom stereocenters. The lowest BCUT2D eigenvalue weighted by Gasteiger charge is -2.20. The predicted octanol–water partition coefficient (Wildman–Crippen LogP) is 0.831. The fraction of sp³-hybridized carbons (Fsp3) is 1.00. The molecule has 84 valence electrons. The van der Waals surface area contributed by atoms with Gasteiger partial charge in [0.2, 0.25) is 0 Å². The molecule has 14 heavy (non-hydrogen) atoms. The molecule has 3 heteroatoms. The van der Waals surface area contributed by atoms with E-state index in [-0.39, 0.29) is 0 Å². The van der Waals surface area contributed by atoms with Gasteiger partial charge in [-0.25, -0.2) is 0 Å². The van der Waals surface area contributed by atoms with E-state index >= 15 is 0 Å². The minimum atomic E-state index is 0.324. The summed E-state index contributed by atoms with van der Waals surface area (Å²) in [5.41, 5.74) is 0. The summed E-state index contributed by atoms with van der Waals surface area (Å²) in [6, 6.07) is 1.36. The molecule has 1 heterocycles. The summed E-state index contributed by atoms with van der Waals surface area (Å²) in [6.07, 6.45) is 3.29. The molecule has 1 aliphatic rings. The predicted molar refractivity (Wildman–Crippen MR) is 59.4 cm³/mol. The molecule has 0 aromatic carbocycles. The van der Waals surface area contributed by atoms with E-state index in [4.69, 9.17) is 5.11 Å². The zero-order valence-corrected chi connectivity index (χ0v) is 9.50. The first-order chi connectivity index (χ1) is 6.74. The minimum Gasteiger partial charge on any atom is -0.396 e. The van der Waals surface area contributed by atoms with E-state index in [9.17, 15) is 0 Å². The van der Waals surface area contributed by atoms with Crippen molar-refractivity contribution in [2.45, 2.75) is 45.2 Å². The fourth-order valence-electron chi connectivity index (χ4n) is 1.97. The molecule has 0 amide bonds. The van der Waals surface area contributed by atoms with Gasteiger partial charge in [0.25, 0.3) is 0 Å². The fourth-order valence-corrected chi connectivity index (χ4v) is 1.97. The second kappa shape index (κ2) is 6.38. The highest BCUT2D eigenvalue weighted by Gasteiger charge is 2.22. The molecule has 1 saturated heterocycles. The molecule has 1 rings (SSSR count). The smallest absolute Gasteiger partial charge is 0.0431 e. The number of aliphatic hydroxyl groups excluding tert-OH is 1. The van der Waals surface area contributed by atoms with Gasteiger partial charge < -0.3 is 10.4 Å². The second-order valence-corrected chi connectivity index (χ2v) is 4.46. The van der Waals surface area contributed by atoms with Gasteiger partial charge >= 0.3 is 0 Å². The van der Waals surface area contributed by atoms with Crippen LogP contribution in [0.2, 0.25) is 0 Å². The van der Waals surface area contributed by atoms with Crippen molar-refractivity contribution in [1.82, 2.24) is 10.2 Å². The third-order valence-electron chi connectivity index (χ3n) is 2.97. The number of rotatable bonds is 6. The van der Waals surface area contributed by atoms with Gasteiger partial charge in [0.15, 0.2) is 0 Å². The van der Waals surface area contributed by atoms with Gasteiger partial charge in [-0.15, -0.1) is 0 Å². The van der Waals surface area contributed by atoms with Crippen LogP contribution < -0.4 is 5.32 Å². The minimum absolute atomic E-state index is 0.324. The van der Waals surface area contributed by atoms with Crippen LogP contribution in [-0.2, 0) is 0 Å². The van der Waals surface area contributed by atoms with Crippen LogP contribution in [0.5, 0.6) is 0 Å². The van der Waals surface area contributed by atoms with Crippen molar-refractivity contribution in [1.29, 1.82) is 0 Å². The molecule has 1 aliphatic heterocycles. The van der Waals surface area contributed by atoms with E-state index in [2.05, 4.69) is 24.1 Å². The number of likely N-dealkylation sites (tertiary alicyclic amines) is 1. The van der Waals surface area contributed by atoms with Crippen LogP contribution in [0.1, 0.15) is 33.1 Å². The standard InChI is InChI=1S/C11H24N2O/c1-10(2)13-7-5-11(9-13)12-6-3-4-8-14/h10-12,14H,3-9H2,1-2H3. The molecule has 0 radical (unpaired) electrons. The van der Waals surface area contributed by atoms with Gasteiger partial charge in [0, 0.05) is 25.2 Å². The Labute approximate surface area is 87.5 Å². The molecular weight excluding hydrogens is 176 g/mol. The monoisotopic (exact) mass is 200 g/mol. The molecule has 1 fully saturated rings. The van der Waals surface area contributed by atoms with Crippen molar-refractivity contribution >= 4 is 0 Å². The maximum absolute atomic E-state index is 8.64. The molecule has 2 N–H and O–H groups in total. The van der Waals surface area contributed by atoms with Gasteiger partial charge in [0.05, 0.1) is 0 Å². The zero-order chi connectivity index (χ0) is 10.4. The normalized spacial score (nSPS) is 23.6.